The zero-order chi connectivity index (χ0) is 14.5. The highest BCUT2D eigenvalue weighted by molar-refractivity contribution is 5.46. The Kier molecular flexibility index (Phi) is 4.37. The van der Waals surface area contributed by atoms with E-state index in [4.69, 9.17) is 0 Å². The summed E-state index contributed by atoms with van der Waals surface area (Å²) in [4.78, 5) is 4.98. The molecule has 108 valence electrons. The molecule has 3 rings (SSSR count). The quantitative estimate of drug-likeness (QED) is 0.786. The van der Waals surface area contributed by atoms with Gasteiger partial charge in [0.05, 0.1) is 6.04 Å². The summed E-state index contributed by atoms with van der Waals surface area (Å²) in [7, 11) is 0. The molecule has 1 atom stereocenters. The third-order valence-electron chi connectivity index (χ3n) is 4.19. The van der Waals surface area contributed by atoms with Crippen molar-refractivity contribution in [2.45, 2.75) is 6.04 Å². The number of hydrogen-bond donors (Lipinski definition) is 0. The minimum atomic E-state index is 0.323. The lowest BCUT2D eigenvalue weighted by molar-refractivity contribution is 0.218. The average Bonchev–Trinajstić information content (AvgIpc) is 2.58. The first kappa shape index (κ1) is 13.9. The molecule has 0 N–H and O–H groups in total. The van der Waals surface area contributed by atoms with Crippen molar-refractivity contribution < 1.29 is 0 Å². The zero-order valence-electron chi connectivity index (χ0n) is 12.4. The number of hydrogen-bond acceptors (Lipinski definition) is 2. The van der Waals surface area contributed by atoms with Crippen LogP contribution in [0.4, 0.5) is 5.69 Å². The van der Waals surface area contributed by atoms with Crippen molar-refractivity contribution in [1.82, 2.24) is 4.90 Å². The van der Waals surface area contributed by atoms with Crippen LogP contribution < -0.4 is 4.90 Å². The van der Waals surface area contributed by atoms with Crippen molar-refractivity contribution in [2.75, 3.05) is 31.1 Å². The largest absolute Gasteiger partial charge is 0.369 e. The van der Waals surface area contributed by atoms with E-state index in [9.17, 15) is 0 Å². The molecule has 21 heavy (non-hydrogen) atoms. The number of para-hydroxylation sites is 1. The fraction of sp³-hybridized carbons (Fsp3) is 0.263. The zero-order valence-corrected chi connectivity index (χ0v) is 12.4. The van der Waals surface area contributed by atoms with Crippen LogP contribution in [-0.2, 0) is 0 Å². The summed E-state index contributed by atoms with van der Waals surface area (Å²) in [5, 5.41) is 0. The third kappa shape index (κ3) is 3.17. The van der Waals surface area contributed by atoms with Gasteiger partial charge in [0.2, 0.25) is 0 Å². The molecule has 0 radical (unpaired) electrons. The molecule has 0 bridgehead atoms. The molecule has 2 aromatic rings. The van der Waals surface area contributed by atoms with E-state index in [0.717, 1.165) is 26.2 Å². The molecule has 1 fully saturated rings. The number of benzene rings is 2. The van der Waals surface area contributed by atoms with E-state index in [1.165, 1.54) is 11.3 Å². The fourth-order valence-electron chi connectivity index (χ4n) is 3.04. The second-order valence-corrected chi connectivity index (χ2v) is 5.45. The predicted octanol–water partition coefficient (Wildman–Crippen LogP) is 3.74. The number of piperazine rings is 1. The van der Waals surface area contributed by atoms with E-state index in [2.05, 4.69) is 83.1 Å². The van der Waals surface area contributed by atoms with Gasteiger partial charge in [-0.2, -0.15) is 0 Å². The van der Waals surface area contributed by atoms with E-state index in [0.29, 0.717) is 6.04 Å². The maximum atomic E-state index is 4.03. The van der Waals surface area contributed by atoms with Gasteiger partial charge in [-0.15, -0.1) is 6.58 Å². The van der Waals surface area contributed by atoms with E-state index < -0.39 is 0 Å². The van der Waals surface area contributed by atoms with Crippen molar-refractivity contribution >= 4 is 5.69 Å². The molecule has 2 aromatic carbocycles. The molecule has 1 aliphatic rings. The van der Waals surface area contributed by atoms with Gasteiger partial charge in [-0.25, -0.2) is 0 Å². The SMILES string of the molecule is C=C[C@@H](c1ccccc1)N1CCN(c2ccccc2)CC1. The number of rotatable bonds is 4. The monoisotopic (exact) mass is 278 g/mol. The van der Waals surface area contributed by atoms with Crippen LogP contribution in [0.3, 0.4) is 0 Å². The summed E-state index contributed by atoms with van der Waals surface area (Å²) >= 11 is 0. The van der Waals surface area contributed by atoms with Crippen molar-refractivity contribution in [3.05, 3.63) is 78.9 Å². The van der Waals surface area contributed by atoms with E-state index in [1.807, 2.05) is 0 Å². The maximum absolute atomic E-state index is 4.03. The number of nitrogens with zero attached hydrogens (tertiary/aromatic N) is 2. The molecule has 1 heterocycles. The van der Waals surface area contributed by atoms with Gasteiger partial charge < -0.3 is 4.90 Å². The van der Waals surface area contributed by atoms with E-state index in [1.54, 1.807) is 0 Å². The first-order chi connectivity index (χ1) is 10.4. The van der Waals surface area contributed by atoms with E-state index in [-0.39, 0.29) is 0 Å². The first-order valence-corrected chi connectivity index (χ1v) is 7.60. The predicted molar refractivity (Wildman–Crippen MR) is 89.6 cm³/mol. The number of anilines is 1. The van der Waals surface area contributed by atoms with Crippen LogP contribution in [0.5, 0.6) is 0 Å². The molecule has 0 aromatic heterocycles. The van der Waals surface area contributed by atoms with Gasteiger partial charge in [0.1, 0.15) is 0 Å². The smallest absolute Gasteiger partial charge is 0.0530 e. The normalized spacial score (nSPS) is 17.4. The second-order valence-electron chi connectivity index (χ2n) is 5.45. The Morgan fingerprint density at radius 1 is 0.810 bits per heavy atom. The van der Waals surface area contributed by atoms with Crippen molar-refractivity contribution in [3.8, 4) is 0 Å². The van der Waals surface area contributed by atoms with Crippen LogP contribution in [0.25, 0.3) is 0 Å². The molecular weight excluding hydrogens is 256 g/mol. The van der Waals surface area contributed by atoms with Gasteiger partial charge in [-0.05, 0) is 17.7 Å². The lowest BCUT2D eigenvalue weighted by atomic mass is 10.0. The summed E-state index contributed by atoms with van der Waals surface area (Å²) in [6.45, 7) is 8.32. The maximum Gasteiger partial charge on any atom is 0.0530 e. The van der Waals surface area contributed by atoms with Crippen LogP contribution in [0, 0.1) is 0 Å². The van der Waals surface area contributed by atoms with Gasteiger partial charge in [0, 0.05) is 31.9 Å². The van der Waals surface area contributed by atoms with Gasteiger partial charge in [0.25, 0.3) is 0 Å². The summed E-state index contributed by atoms with van der Waals surface area (Å²) in [6, 6.07) is 21.7. The first-order valence-electron chi connectivity index (χ1n) is 7.60. The van der Waals surface area contributed by atoms with Gasteiger partial charge in [-0.3, -0.25) is 4.90 Å². The van der Waals surface area contributed by atoms with Gasteiger partial charge >= 0.3 is 0 Å². The van der Waals surface area contributed by atoms with Gasteiger partial charge in [-0.1, -0.05) is 54.6 Å². The molecule has 0 amide bonds. The Balaban J connectivity index is 1.66. The Bertz CT molecular complexity index is 557. The molecule has 1 aliphatic heterocycles. The standard InChI is InChI=1S/C19H22N2/c1-2-19(17-9-5-3-6-10-17)21-15-13-20(14-16-21)18-11-7-4-8-12-18/h2-12,19H,1,13-16H2/t19-/m0/s1. The minimum absolute atomic E-state index is 0.323. The molecule has 0 saturated carbocycles. The topological polar surface area (TPSA) is 6.48 Å². The summed E-state index contributed by atoms with van der Waals surface area (Å²) in [6.07, 6.45) is 2.06. The van der Waals surface area contributed by atoms with Crippen LogP contribution in [0.1, 0.15) is 11.6 Å². The van der Waals surface area contributed by atoms with Crippen LogP contribution in [0.15, 0.2) is 73.3 Å². The molecular formula is C19H22N2. The van der Waals surface area contributed by atoms with Crippen molar-refractivity contribution in [2.24, 2.45) is 0 Å². The average molecular weight is 278 g/mol. The van der Waals surface area contributed by atoms with Crippen molar-refractivity contribution in [1.29, 1.82) is 0 Å². The lowest BCUT2D eigenvalue weighted by Crippen LogP contribution is -2.47. The van der Waals surface area contributed by atoms with Crippen LogP contribution in [-0.4, -0.2) is 31.1 Å². The highest BCUT2D eigenvalue weighted by atomic mass is 15.3. The molecule has 1 saturated heterocycles. The van der Waals surface area contributed by atoms with Crippen LogP contribution in [0.2, 0.25) is 0 Å². The van der Waals surface area contributed by atoms with Crippen LogP contribution >= 0.6 is 0 Å². The summed E-state index contributed by atoms with van der Waals surface area (Å²) in [5.41, 5.74) is 2.66. The Morgan fingerprint density at radius 2 is 1.38 bits per heavy atom. The molecule has 2 heteroatoms. The second kappa shape index (κ2) is 6.59. The Labute approximate surface area is 127 Å². The summed E-state index contributed by atoms with van der Waals surface area (Å²) in [5.74, 6) is 0. The van der Waals surface area contributed by atoms with E-state index >= 15 is 0 Å². The third-order valence-corrected chi connectivity index (χ3v) is 4.19. The molecule has 0 aliphatic carbocycles. The van der Waals surface area contributed by atoms with Crippen molar-refractivity contribution in [3.63, 3.8) is 0 Å². The Morgan fingerprint density at radius 3 is 1.95 bits per heavy atom. The summed E-state index contributed by atoms with van der Waals surface area (Å²) < 4.78 is 0. The highest BCUT2D eigenvalue weighted by Gasteiger charge is 2.22. The Hall–Kier alpha value is -2.06. The fourth-order valence-corrected chi connectivity index (χ4v) is 3.04. The van der Waals surface area contributed by atoms with Gasteiger partial charge in [0.15, 0.2) is 0 Å². The minimum Gasteiger partial charge on any atom is -0.369 e. The lowest BCUT2D eigenvalue weighted by Gasteiger charge is -2.39. The molecule has 0 unspecified atom stereocenters. The highest BCUT2D eigenvalue weighted by Crippen LogP contribution is 2.24. The molecule has 0 spiro atoms. The molecule has 2 nitrogen and oxygen atoms in total.